The maximum atomic E-state index is 13.3. The molecule has 0 saturated heterocycles. The molecule has 1 N–H and O–H groups in total. The quantitative estimate of drug-likeness (QED) is 0.268. The molecule has 0 aliphatic heterocycles. The van der Waals surface area contributed by atoms with Crippen LogP contribution in [-0.2, 0) is 0 Å². The van der Waals surface area contributed by atoms with Gasteiger partial charge in [-0.25, -0.2) is 0 Å². The summed E-state index contributed by atoms with van der Waals surface area (Å²) in [4.78, 5) is 33.3. The fourth-order valence-corrected chi connectivity index (χ4v) is 3.83. The molecule has 0 saturated carbocycles. The van der Waals surface area contributed by atoms with E-state index in [-0.39, 0.29) is 10.7 Å². The van der Waals surface area contributed by atoms with Crippen LogP contribution in [0.2, 0.25) is 5.15 Å². The number of pyridine rings is 2. The van der Waals surface area contributed by atoms with E-state index in [9.17, 15) is 9.59 Å². The number of carbonyl (C=O) groups is 1. The molecular formula is C26H16ClN3O3. The Bertz CT molecular complexity index is 1550. The maximum absolute atomic E-state index is 13.3. The van der Waals surface area contributed by atoms with Crippen molar-refractivity contribution >= 4 is 34.4 Å². The summed E-state index contributed by atoms with van der Waals surface area (Å²) in [5, 5.41) is 4.63. The van der Waals surface area contributed by atoms with E-state index in [0.717, 1.165) is 5.56 Å². The van der Waals surface area contributed by atoms with Crippen LogP contribution in [0.4, 0.5) is 0 Å². The van der Waals surface area contributed by atoms with E-state index in [2.05, 4.69) is 15.1 Å². The number of allylic oxidation sites excluding steroid dienone is 1. The molecule has 5 aromatic rings. The van der Waals surface area contributed by atoms with Crippen LogP contribution in [0.25, 0.3) is 39.4 Å². The number of H-pyrrole nitrogens is 1. The third-order valence-electron chi connectivity index (χ3n) is 5.20. The van der Waals surface area contributed by atoms with Crippen LogP contribution in [0.5, 0.6) is 0 Å². The first-order chi connectivity index (χ1) is 16.1. The molecule has 0 aliphatic rings. The lowest BCUT2D eigenvalue weighted by Gasteiger charge is -2.12. The monoisotopic (exact) mass is 453 g/mol. The Labute approximate surface area is 193 Å². The van der Waals surface area contributed by atoms with Gasteiger partial charge in [-0.15, -0.1) is 0 Å². The molecule has 0 bridgehead atoms. The summed E-state index contributed by atoms with van der Waals surface area (Å²) in [6, 6.07) is 20.0. The fourth-order valence-electron chi connectivity index (χ4n) is 3.70. The molecular weight excluding hydrogens is 438 g/mol. The Morgan fingerprint density at radius 2 is 1.85 bits per heavy atom. The fraction of sp³-hybridized carbons (Fsp3) is 0. The first-order valence-electron chi connectivity index (χ1n) is 10.1. The number of fused-ring (bicyclic) bond motifs is 1. The number of aromatic amines is 1. The molecule has 0 aliphatic carbocycles. The minimum atomic E-state index is -0.473. The van der Waals surface area contributed by atoms with Crippen molar-refractivity contribution in [2.75, 3.05) is 0 Å². The molecule has 0 unspecified atom stereocenters. The minimum absolute atomic E-state index is 0.0374. The summed E-state index contributed by atoms with van der Waals surface area (Å²) in [6.07, 6.45) is 6.36. The predicted octanol–water partition coefficient (Wildman–Crippen LogP) is 5.79. The average molecular weight is 454 g/mol. The number of hydrogen-bond acceptors (Lipinski definition) is 5. The van der Waals surface area contributed by atoms with E-state index in [0.29, 0.717) is 33.4 Å². The van der Waals surface area contributed by atoms with Crippen LogP contribution in [0.3, 0.4) is 0 Å². The third kappa shape index (κ3) is 4.12. The zero-order chi connectivity index (χ0) is 22.8. The highest BCUT2D eigenvalue weighted by atomic mass is 35.5. The van der Waals surface area contributed by atoms with E-state index < -0.39 is 11.3 Å². The van der Waals surface area contributed by atoms with E-state index in [4.69, 9.17) is 16.1 Å². The van der Waals surface area contributed by atoms with E-state index >= 15 is 0 Å². The highest BCUT2D eigenvalue weighted by Crippen LogP contribution is 2.33. The highest BCUT2D eigenvalue weighted by molar-refractivity contribution is 6.29. The molecule has 7 heteroatoms. The van der Waals surface area contributed by atoms with Crippen molar-refractivity contribution in [3.63, 3.8) is 0 Å². The van der Waals surface area contributed by atoms with Crippen molar-refractivity contribution in [3.8, 4) is 22.5 Å². The summed E-state index contributed by atoms with van der Waals surface area (Å²) in [5.74, 6) is 0.0658. The van der Waals surface area contributed by atoms with E-state index in [1.54, 1.807) is 42.7 Å². The van der Waals surface area contributed by atoms with Gasteiger partial charge in [-0.1, -0.05) is 59.2 Å². The summed E-state index contributed by atoms with van der Waals surface area (Å²) < 4.78 is 5.29. The van der Waals surface area contributed by atoms with Crippen LogP contribution >= 0.6 is 11.6 Å². The lowest BCUT2D eigenvalue weighted by molar-refractivity contribution is 0.104. The molecule has 160 valence electrons. The summed E-state index contributed by atoms with van der Waals surface area (Å²) in [5.41, 5.74) is 2.86. The Kier molecular flexibility index (Phi) is 5.42. The number of ketones is 1. The molecule has 3 aromatic heterocycles. The van der Waals surface area contributed by atoms with Gasteiger partial charge in [0, 0.05) is 46.1 Å². The summed E-state index contributed by atoms with van der Waals surface area (Å²) >= 11 is 5.92. The lowest BCUT2D eigenvalue weighted by atomic mass is 9.93. The smallest absolute Gasteiger partial charge is 0.260 e. The van der Waals surface area contributed by atoms with E-state index in [1.807, 2.05) is 42.5 Å². The van der Waals surface area contributed by atoms with Crippen LogP contribution < -0.4 is 5.56 Å². The van der Waals surface area contributed by atoms with Gasteiger partial charge in [0.05, 0.1) is 5.56 Å². The number of hydrogen-bond donors (Lipinski definition) is 1. The second-order valence-corrected chi connectivity index (χ2v) is 7.72. The van der Waals surface area contributed by atoms with Crippen molar-refractivity contribution in [2.45, 2.75) is 0 Å². The molecule has 0 fully saturated rings. The number of nitrogens with one attached hydrogen (secondary N) is 1. The lowest BCUT2D eigenvalue weighted by Crippen LogP contribution is -2.18. The Hall–Kier alpha value is -4.29. The van der Waals surface area contributed by atoms with Gasteiger partial charge in [0.2, 0.25) is 0 Å². The molecule has 2 aromatic carbocycles. The van der Waals surface area contributed by atoms with Crippen molar-refractivity contribution in [1.29, 1.82) is 0 Å². The molecule has 0 spiro atoms. The van der Waals surface area contributed by atoms with Crippen molar-refractivity contribution < 1.29 is 9.32 Å². The zero-order valence-electron chi connectivity index (χ0n) is 17.2. The van der Waals surface area contributed by atoms with Gasteiger partial charge >= 0.3 is 0 Å². The molecule has 6 nitrogen and oxygen atoms in total. The van der Waals surface area contributed by atoms with Gasteiger partial charge in [0.15, 0.2) is 16.7 Å². The first-order valence-corrected chi connectivity index (χ1v) is 10.5. The highest BCUT2D eigenvalue weighted by Gasteiger charge is 2.20. The number of halogens is 1. The second-order valence-electron chi connectivity index (χ2n) is 7.33. The Balaban J connectivity index is 1.74. The van der Waals surface area contributed by atoms with Gasteiger partial charge < -0.3 is 9.51 Å². The molecule has 0 radical (unpaired) electrons. The van der Waals surface area contributed by atoms with Crippen molar-refractivity contribution in [3.05, 3.63) is 112 Å². The van der Waals surface area contributed by atoms with Gasteiger partial charge in [-0.2, -0.15) is 0 Å². The zero-order valence-corrected chi connectivity index (χ0v) is 17.9. The number of aromatic nitrogens is 3. The SMILES string of the molecule is O=C(/C=C/c1ccccc1)c1c(-c2cccnc2)c2cc(-c3cc(Cl)no3)ccc2[nH]c1=O. The van der Waals surface area contributed by atoms with Gasteiger partial charge in [-0.3, -0.25) is 14.6 Å². The number of nitrogens with zero attached hydrogens (tertiary/aromatic N) is 2. The largest absolute Gasteiger partial charge is 0.355 e. The van der Waals surface area contributed by atoms with Crippen LogP contribution in [-0.4, -0.2) is 20.9 Å². The summed E-state index contributed by atoms with van der Waals surface area (Å²) in [6.45, 7) is 0. The van der Waals surface area contributed by atoms with Gasteiger partial charge in [0.25, 0.3) is 5.56 Å². The number of rotatable bonds is 5. The van der Waals surface area contributed by atoms with Crippen molar-refractivity contribution in [1.82, 2.24) is 15.1 Å². The third-order valence-corrected chi connectivity index (χ3v) is 5.38. The first kappa shape index (κ1) is 20.6. The topological polar surface area (TPSA) is 88.8 Å². The second kappa shape index (κ2) is 8.68. The maximum Gasteiger partial charge on any atom is 0.260 e. The number of benzene rings is 2. The Morgan fingerprint density at radius 3 is 2.58 bits per heavy atom. The van der Waals surface area contributed by atoms with Gasteiger partial charge in [0.1, 0.15) is 0 Å². The van der Waals surface area contributed by atoms with Crippen LogP contribution in [0.1, 0.15) is 15.9 Å². The molecule has 0 atom stereocenters. The molecule has 3 heterocycles. The molecule has 5 rings (SSSR count). The Morgan fingerprint density at radius 1 is 1.00 bits per heavy atom. The van der Waals surface area contributed by atoms with E-state index in [1.165, 1.54) is 6.08 Å². The van der Waals surface area contributed by atoms with Crippen LogP contribution in [0, 0.1) is 0 Å². The standard InChI is InChI=1S/C26H16ClN3O3/c27-23-14-22(33-30-23)17-9-10-20-19(13-17)24(18-7-4-12-28-15-18)25(26(32)29-20)21(31)11-8-16-5-2-1-3-6-16/h1-15H,(H,29,32)/b11-8+. The van der Waals surface area contributed by atoms with Gasteiger partial charge in [-0.05, 0) is 35.9 Å². The van der Waals surface area contributed by atoms with Crippen molar-refractivity contribution in [2.24, 2.45) is 0 Å². The molecule has 33 heavy (non-hydrogen) atoms. The normalized spacial score (nSPS) is 11.3. The van der Waals surface area contributed by atoms with Crippen LogP contribution in [0.15, 0.2) is 94.5 Å². The predicted molar refractivity (Wildman–Crippen MR) is 128 cm³/mol. The molecule has 0 amide bonds. The minimum Gasteiger partial charge on any atom is -0.355 e. The average Bonchev–Trinajstić information content (AvgIpc) is 3.29. The number of carbonyl (C=O) groups excluding carboxylic acids is 1. The summed E-state index contributed by atoms with van der Waals surface area (Å²) in [7, 11) is 0.